The van der Waals surface area contributed by atoms with Crippen molar-refractivity contribution >= 4 is 11.9 Å². The molecule has 0 aromatic rings. The van der Waals surface area contributed by atoms with Crippen LogP contribution in [0.5, 0.6) is 0 Å². The monoisotopic (exact) mass is 256 g/mol. The lowest BCUT2D eigenvalue weighted by Crippen LogP contribution is -3.02. The third-order valence-corrected chi connectivity index (χ3v) is 9.07. The number of carbonyl (C=O) groups excluding carboxylic acids is 2. The maximum atomic E-state index is 12.1. The standard InChI is InChI=1S/C16H16O3/c17-13-7-8(14(18)19-13)10-6-5-9(7)15-3-1-2-4-16(10,15)12(6)11(5)15/h5-12H,1-4H2/t5-,6+,7-,8-,9+,10+,11-,12+,15+,16-/m0/s1. The van der Waals surface area contributed by atoms with E-state index in [0.29, 0.717) is 22.7 Å². The number of rotatable bonds is 0. The molecule has 0 amide bonds. The van der Waals surface area contributed by atoms with Crippen LogP contribution in [-0.2, 0) is 14.3 Å². The third kappa shape index (κ3) is 0.494. The molecule has 3 heteroatoms. The van der Waals surface area contributed by atoms with Crippen molar-refractivity contribution in [3.05, 3.63) is 0 Å². The van der Waals surface area contributed by atoms with Crippen molar-refractivity contribution in [1.29, 1.82) is 0 Å². The normalized spacial score (nSPS) is 75.6. The summed E-state index contributed by atoms with van der Waals surface area (Å²) in [5.74, 6) is 4.27. The maximum absolute atomic E-state index is 12.1. The Morgan fingerprint density at radius 3 is 1.74 bits per heavy atom. The number of carbonyl (C=O) groups is 2. The van der Waals surface area contributed by atoms with E-state index in [2.05, 4.69) is 0 Å². The molecule has 0 aromatic carbocycles. The topological polar surface area (TPSA) is 43.4 Å². The van der Waals surface area contributed by atoms with Gasteiger partial charge in [-0.05, 0) is 59.2 Å². The summed E-state index contributed by atoms with van der Waals surface area (Å²) in [7, 11) is 0. The lowest BCUT2D eigenvalue weighted by molar-refractivity contribution is -0.581. The highest BCUT2D eigenvalue weighted by Gasteiger charge is 3.03. The van der Waals surface area contributed by atoms with Crippen LogP contribution in [0.1, 0.15) is 25.7 Å². The summed E-state index contributed by atoms with van der Waals surface area (Å²) in [5, 5.41) is 0. The summed E-state index contributed by atoms with van der Waals surface area (Å²) in [6.45, 7) is 0. The van der Waals surface area contributed by atoms with Gasteiger partial charge in [-0.2, -0.15) is 0 Å². The number of esters is 2. The van der Waals surface area contributed by atoms with Gasteiger partial charge in [0, 0.05) is 0 Å². The first-order valence-electron chi connectivity index (χ1n) is 8.01. The van der Waals surface area contributed by atoms with Gasteiger partial charge in [0.2, 0.25) is 0 Å². The van der Waals surface area contributed by atoms with Crippen molar-refractivity contribution in [2.24, 2.45) is 58.2 Å². The van der Waals surface area contributed by atoms with Crippen molar-refractivity contribution in [2.45, 2.75) is 25.7 Å². The van der Waals surface area contributed by atoms with Gasteiger partial charge in [-0.15, -0.1) is 0 Å². The minimum Gasteiger partial charge on any atom is -0.393 e. The van der Waals surface area contributed by atoms with E-state index >= 15 is 0 Å². The van der Waals surface area contributed by atoms with E-state index in [1.165, 1.54) is 25.7 Å². The summed E-state index contributed by atoms with van der Waals surface area (Å²) >= 11 is 0. The molecule has 0 aromatic heterocycles. The van der Waals surface area contributed by atoms with Crippen molar-refractivity contribution < 1.29 is 14.3 Å². The number of hydrogen-bond acceptors (Lipinski definition) is 3. The van der Waals surface area contributed by atoms with Crippen LogP contribution in [0.4, 0.5) is 0 Å². The van der Waals surface area contributed by atoms with Crippen LogP contribution in [-0.4, -0.2) is 11.9 Å². The fourth-order valence-corrected chi connectivity index (χ4v) is 9.46. The smallest absolute Gasteiger partial charge is 0.317 e. The Bertz CT molecular complexity index is 559. The number of hydrogen-bond donors (Lipinski definition) is 0. The molecule has 19 heavy (non-hydrogen) atoms. The predicted molar refractivity (Wildman–Crippen MR) is 62.4 cm³/mol. The fraction of sp³-hybridized carbons (Fsp3) is 0.875. The number of cyclic esters (lactones) is 2. The van der Waals surface area contributed by atoms with Crippen LogP contribution >= 0.6 is 0 Å². The third-order valence-electron chi connectivity index (χ3n) is 9.07. The second-order valence-electron chi connectivity index (χ2n) is 8.34. The van der Waals surface area contributed by atoms with E-state index < -0.39 is 0 Å². The Kier molecular flexibility index (Phi) is 1.01. The molecule has 1 saturated heterocycles. The highest BCUT2D eigenvalue weighted by atomic mass is 16.6. The predicted octanol–water partition coefficient (Wildman–Crippen LogP) is 1.61. The lowest BCUT2D eigenvalue weighted by Gasteiger charge is -3.04. The number of ether oxygens (including phenoxy) is 1. The summed E-state index contributed by atoms with van der Waals surface area (Å²) < 4.78 is 5.06. The molecule has 8 rings (SSSR count). The van der Waals surface area contributed by atoms with Gasteiger partial charge in [-0.1, -0.05) is 12.8 Å². The molecule has 0 radical (unpaired) electrons. The Morgan fingerprint density at radius 1 is 0.789 bits per heavy atom. The Labute approximate surface area is 111 Å². The molecule has 1 heterocycles. The summed E-state index contributed by atoms with van der Waals surface area (Å²) in [5.41, 5.74) is 1.01. The molecular formula is C16H16O3. The molecule has 98 valence electrons. The Balaban J connectivity index is 1.51. The van der Waals surface area contributed by atoms with E-state index in [0.717, 1.165) is 23.7 Å². The molecule has 1 aliphatic heterocycles. The highest BCUT2D eigenvalue weighted by molar-refractivity contribution is 5.98. The van der Waals surface area contributed by atoms with E-state index in [1.54, 1.807) is 0 Å². The largest absolute Gasteiger partial charge is 0.393 e. The fourth-order valence-electron chi connectivity index (χ4n) is 9.46. The molecule has 8 fully saturated rings. The Morgan fingerprint density at radius 2 is 1.26 bits per heavy atom. The van der Waals surface area contributed by atoms with Crippen molar-refractivity contribution in [2.75, 3.05) is 0 Å². The van der Waals surface area contributed by atoms with E-state index in [1.807, 2.05) is 0 Å². The van der Waals surface area contributed by atoms with Gasteiger partial charge in [0.1, 0.15) is 0 Å². The van der Waals surface area contributed by atoms with Crippen molar-refractivity contribution in [3.8, 4) is 0 Å². The van der Waals surface area contributed by atoms with Crippen LogP contribution in [0, 0.1) is 58.2 Å². The molecule has 0 unspecified atom stereocenters. The zero-order valence-electron chi connectivity index (χ0n) is 10.7. The van der Waals surface area contributed by atoms with E-state index in [4.69, 9.17) is 4.74 Å². The first-order chi connectivity index (χ1) is 9.25. The van der Waals surface area contributed by atoms with Gasteiger partial charge in [-0.25, -0.2) is 0 Å². The van der Waals surface area contributed by atoms with Crippen LogP contribution < -0.4 is 0 Å². The van der Waals surface area contributed by atoms with Gasteiger partial charge >= 0.3 is 11.9 Å². The molecule has 7 saturated carbocycles. The highest BCUT2D eigenvalue weighted by Crippen LogP contribution is 3.05. The molecule has 0 N–H and O–H groups in total. The minimum absolute atomic E-state index is 0.0255. The van der Waals surface area contributed by atoms with Crippen LogP contribution in [0.3, 0.4) is 0 Å². The van der Waals surface area contributed by atoms with Crippen molar-refractivity contribution in [3.63, 3.8) is 0 Å². The average Bonchev–Trinajstić information content (AvgIpc) is 2.64. The second kappa shape index (κ2) is 2.10. The quantitative estimate of drug-likeness (QED) is 0.488. The maximum Gasteiger partial charge on any atom is 0.317 e. The van der Waals surface area contributed by atoms with Gasteiger partial charge in [0.25, 0.3) is 0 Å². The van der Waals surface area contributed by atoms with Gasteiger partial charge in [0.15, 0.2) is 0 Å². The van der Waals surface area contributed by atoms with Gasteiger partial charge in [0.05, 0.1) is 11.8 Å². The van der Waals surface area contributed by atoms with Crippen LogP contribution in [0.2, 0.25) is 0 Å². The first-order valence-corrected chi connectivity index (χ1v) is 8.01. The molecule has 10 atom stereocenters. The Hall–Kier alpha value is -0.860. The zero-order valence-corrected chi connectivity index (χ0v) is 10.7. The molecule has 2 spiro atoms. The zero-order chi connectivity index (χ0) is 12.3. The first kappa shape index (κ1) is 9.15. The SMILES string of the molecule is O=C1OC(=O)[C@H]2[C@H]1[C@H]1[C@H]3[C@H]4[C@H]2[C@@]25CCCC[C@@]12[C@H]3[C@H]45. The summed E-state index contributed by atoms with van der Waals surface area (Å²) in [6.07, 6.45) is 5.41. The molecule has 7 aliphatic carbocycles. The van der Waals surface area contributed by atoms with E-state index in [-0.39, 0.29) is 23.8 Å². The second-order valence-corrected chi connectivity index (χ2v) is 8.34. The molecule has 8 aliphatic rings. The molecular weight excluding hydrogens is 240 g/mol. The summed E-state index contributed by atoms with van der Waals surface area (Å²) in [6, 6.07) is 0. The lowest BCUT2D eigenvalue weighted by atomic mass is 8.99. The van der Waals surface area contributed by atoms with Crippen LogP contribution in [0.15, 0.2) is 0 Å². The van der Waals surface area contributed by atoms with Crippen molar-refractivity contribution in [1.82, 2.24) is 0 Å². The van der Waals surface area contributed by atoms with Gasteiger partial charge < -0.3 is 4.74 Å². The average molecular weight is 256 g/mol. The minimum atomic E-state index is -0.161. The van der Waals surface area contributed by atoms with E-state index in [9.17, 15) is 9.59 Å². The van der Waals surface area contributed by atoms with Crippen LogP contribution in [0.25, 0.3) is 0 Å². The molecule has 2 bridgehead atoms. The van der Waals surface area contributed by atoms with Gasteiger partial charge in [-0.3, -0.25) is 9.59 Å². The summed E-state index contributed by atoms with van der Waals surface area (Å²) in [4.78, 5) is 24.3. The molecule has 3 nitrogen and oxygen atoms in total.